The van der Waals surface area contributed by atoms with Gasteiger partial charge < -0.3 is 5.32 Å². The number of hydrogen-bond donors (Lipinski definition) is 2. The third-order valence-electron chi connectivity index (χ3n) is 4.00. The number of benzene rings is 1. The molecule has 0 bridgehead atoms. The van der Waals surface area contributed by atoms with Crippen molar-refractivity contribution in [3.8, 4) is 6.07 Å². The summed E-state index contributed by atoms with van der Waals surface area (Å²) in [7, 11) is 0. The summed E-state index contributed by atoms with van der Waals surface area (Å²) in [5.74, 6) is -0.324. The lowest BCUT2D eigenvalue weighted by atomic mass is 10.1. The summed E-state index contributed by atoms with van der Waals surface area (Å²) < 4.78 is 8.24. The molecule has 1 aliphatic rings. The molecule has 3 aromatic rings. The van der Waals surface area contributed by atoms with E-state index < -0.39 is 0 Å². The smallest absolute Gasteiger partial charge is 0.257 e. The molecule has 25 heavy (non-hydrogen) atoms. The van der Waals surface area contributed by atoms with Gasteiger partial charge in [-0.25, -0.2) is 0 Å². The van der Waals surface area contributed by atoms with Crippen molar-refractivity contribution >= 4 is 62.3 Å². The molecule has 0 radical (unpaired) electrons. The number of aromatic nitrogens is 2. The molecule has 2 heterocycles. The lowest BCUT2D eigenvalue weighted by molar-refractivity contribution is 0.0978. The number of thiophene rings is 1. The number of nitrogens with zero attached hydrogens (tertiary/aromatic N) is 3. The first-order chi connectivity index (χ1) is 12.2. The molecule has 0 fully saturated rings. The number of carbonyl (C=O) groups is 1. The number of aryl methyl sites for hydroxylation is 1. The molecule has 2 aromatic heterocycles. The molecule has 0 spiro atoms. The molecule has 0 saturated heterocycles. The Hall–Kier alpha value is -2.41. The molecule has 4 rings (SSSR count). The zero-order chi connectivity index (χ0) is 17.4. The van der Waals surface area contributed by atoms with Crippen LogP contribution in [0.4, 0.5) is 5.00 Å². The highest BCUT2D eigenvalue weighted by molar-refractivity contribution is 7.80. The molecule has 1 aliphatic carbocycles. The van der Waals surface area contributed by atoms with Gasteiger partial charge in [0.25, 0.3) is 5.91 Å². The third-order valence-corrected chi connectivity index (χ3v) is 5.97. The maximum atomic E-state index is 12.4. The fraction of sp³-hybridized carbons (Fsp3) is 0.188. The van der Waals surface area contributed by atoms with Crippen LogP contribution >= 0.6 is 35.3 Å². The summed E-state index contributed by atoms with van der Waals surface area (Å²) in [6.07, 6.45) is 3.01. The van der Waals surface area contributed by atoms with E-state index in [0.29, 0.717) is 21.6 Å². The molecule has 0 atom stereocenters. The minimum absolute atomic E-state index is 0.179. The van der Waals surface area contributed by atoms with Crippen LogP contribution in [0.15, 0.2) is 18.2 Å². The van der Waals surface area contributed by atoms with Gasteiger partial charge in [-0.2, -0.15) is 14.0 Å². The number of nitriles is 1. The zero-order valence-electron chi connectivity index (χ0n) is 12.8. The minimum atomic E-state index is -0.324. The lowest BCUT2D eigenvalue weighted by Crippen LogP contribution is -2.34. The van der Waals surface area contributed by atoms with Crippen molar-refractivity contribution in [2.75, 3.05) is 5.32 Å². The summed E-state index contributed by atoms with van der Waals surface area (Å²) >= 11 is 7.88. The first-order valence-corrected chi connectivity index (χ1v) is 9.50. The molecule has 2 N–H and O–H groups in total. The Morgan fingerprint density at radius 1 is 1.28 bits per heavy atom. The number of anilines is 1. The Bertz CT molecular complexity index is 1050. The standard InChI is InChI=1S/C16H11N5OS3/c17-7-10-9-2-1-3-13(9)24-15(10)19-16(23)18-14(22)8-4-5-11-12(6-8)21-25-20-11/h4-6H,1-3H2,(H2,18,19,22,23). The van der Waals surface area contributed by atoms with Crippen molar-refractivity contribution in [3.05, 3.63) is 39.8 Å². The van der Waals surface area contributed by atoms with Gasteiger partial charge in [0.05, 0.1) is 17.3 Å². The molecular formula is C16H11N5OS3. The van der Waals surface area contributed by atoms with E-state index in [1.807, 2.05) is 0 Å². The van der Waals surface area contributed by atoms with Crippen molar-refractivity contribution in [1.82, 2.24) is 14.1 Å². The second-order valence-electron chi connectivity index (χ2n) is 5.55. The van der Waals surface area contributed by atoms with E-state index in [4.69, 9.17) is 12.2 Å². The van der Waals surface area contributed by atoms with Gasteiger partial charge in [-0.15, -0.1) is 11.3 Å². The van der Waals surface area contributed by atoms with Crippen molar-refractivity contribution in [2.45, 2.75) is 19.3 Å². The van der Waals surface area contributed by atoms with Gasteiger partial charge in [-0.3, -0.25) is 10.1 Å². The molecule has 1 amide bonds. The number of fused-ring (bicyclic) bond motifs is 2. The number of nitrogens with one attached hydrogen (secondary N) is 2. The van der Waals surface area contributed by atoms with E-state index in [2.05, 4.69) is 25.4 Å². The van der Waals surface area contributed by atoms with E-state index in [1.165, 1.54) is 16.2 Å². The van der Waals surface area contributed by atoms with Crippen molar-refractivity contribution in [2.24, 2.45) is 0 Å². The summed E-state index contributed by atoms with van der Waals surface area (Å²) in [6.45, 7) is 0. The van der Waals surface area contributed by atoms with Crippen molar-refractivity contribution in [3.63, 3.8) is 0 Å². The number of amides is 1. The van der Waals surface area contributed by atoms with E-state index >= 15 is 0 Å². The first kappa shape index (κ1) is 16.1. The van der Waals surface area contributed by atoms with E-state index in [9.17, 15) is 10.1 Å². The average molecular weight is 385 g/mol. The van der Waals surface area contributed by atoms with Gasteiger partial charge in [-0.1, -0.05) is 0 Å². The van der Waals surface area contributed by atoms with E-state index in [-0.39, 0.29) is 11.0 Å². The normalized spacial score (nSPS) is 12.6. The van der Waals surface area contributed by atoms with Crippen LogP contribution < -0.4 is 10.6 Å². The molecule has 9 heteroatoms. The van der Waals surface area contributed by atoms with Gasteiger partial charge in [0.15, 0.2) is 5.11 Å². The second kappa shape index (κ2) is 6.48. The predicted octanol–water partition coefficient (Wildman–Crippen LogP) is 3.24. The first-order valence-electron chi connectivity index (χ1n) is 7.55. The molecule has 0 unspecified atom stereocenters. The van der Waals surface area contributed by atoms with Crippen molar-refractivity contribution in [1.29, 1.82) is 5.26 Å². The number of rotatable bonds is 2. The zero-order valence-corrected chi connectivity index (χ0v) is 15.3. The van der Waals surface area contributed by atoms with Crippen LogP contribution in [0.2, 0.25) is 0 Å². The highest BCUT2D eigenvalue weighted by Gasteiger charge is 2.22. The summed E-state index contributed by atoms with van der Waals surface area (Å²) in [4.78, 5) is 13.6. The summed E-state index contributed by atoms with van der Waals surface area (Å²) in [5.41, 5.74) is 3.65. The quantitative estimate of drug-likeness (QED) is 0.658. The third kappa shape index (κ3) is 3.00. The SMILES string of the molecule is N#Cc1c(NC(=S)NC(=O)c2ccc3nsnc3c2)sc2c1CCC2. The summed E-state index contributed by atoms with van der Waals surface area (Å²) in [6, 6.07) is 7.36. The number of carbonyl (C=O) groups excluding carboxylic acids is 1. The van der Waals surface area contributed by atoms with E-state index in [1.54, 1.807) is 18.2 Å². The number of hydrogen-bond acceptors (Lipinski definition) is 7. The Balaban J connectivity index is 1.49. The molecular weight excluding hydrogens is 374 g/mol. The van der Waals surface area contributed by atoms with Crippen LogP contribution in [0, 0.1) is 11.3 Å². The summed E-state index contributed by atoms with van der Waals surface area (Å²) in [5, 5.41) is 15.9. The minimum Gasteiger partial charge on any atom is -0.323 e. The van der Waals surface area contributed by atoms with Crippen LogP contribution in [0.5, 0.6) is 0 Å². The number of thiocarbonyl (C=S) groups is 1. The van der Waals surface area contributed by atoms with Crippen LogP contribution in [0.25, 0.3) is 11.0 Å². The Labute approximate surface area is 156 Å². The monoisotopic (exact) mass is 385 g/mol. The Morgan fingerprint density at radius 3 is 2.96 bits per heavy atom. The predicted molar refractivity (Wildman–Crippen MR) is 102 cm³/mol. The van der Waals surface area contributed by atoms with Gasteiger partial charge in [0.2, 0.25) is 0 Å². The molecule has 1 aromatic carbocycles. The average Bonchev–Trinajstić information content (AvgIpc) is 3.28. The highest BCUT2D eigenvalue weighted by Crippen LogP contribution is 2.38. The molecule has 0 saturated carbocycles. The fourth-order valence-electron chi connectivity index (χ4n) is 2.84. The van der Waals surface area contributed by atoms with Gasteiger partial charge in [-0.05, 0) is 55.2 Å². The van der Waals surface area contributed by atoms with Crippen LogP contribution in [-0.2, 0) is 12.8 Å². The van der Waals surface area contributed by atoms with Crippen molar-refractivity contribution < 1.29 is 4.79 Å². The van der Waals surface area contributed by atoms with Crippen LogP contribution in [-0.4, -0.2) is 19.8 Å². The van der Waals surface area contributed by atoms with Gasteiger partial charge in [0.1, 0.15) is 22.1 Å². The second-order valence-corrected chi connectivity index (χ2v) is 7.59. The molecule has 124 valence electrons. The maximum Gasteiger partial charge on any atom is 0.257 e. The molecule has 0 aliphatic heterocycles. The van der Waals surface area contributed by atoms with Gasteiger partial charge in [0, 0.05) is 10.4 Å². The van der Waals surface area contributed by atoms with E-state index in [0.717, 1.165) is 42.1 Å². The van der Waals surface area contributed by atoms with Crippen LogP contribution in [0.3, 0.4) is 0 Å². The largest absolute Gasteiger partial charge is 0.323 e. The topological polar surface area (TPSA) is 90.7 Å². The maximum absolute atomic E-state index is 12.4. The van der Waals surface area contributed by atoms with Gasteiger partial charge >= 0.3 is 0 Å². The lowest BCUT2D eigenvalue weighted by Gasteiger charge is -2.08. The Morgan fingerprint density at radius 2 is 2.12 bits per heavy atom. The fourth-order valence-corrected chi connectivity index (χ4v) is 4.86. The molecule has 6 nitrogen and oxygen atoms in total. The highest BCUT2D eigenvalue weighted by atomic mass is 32.1. The Kier molecular flexibility index (Phi) is 4.17. The van der Waals surface area contributed by atoms with Crippen LogP contribution in [0.1, 0.15) is 32.8 Å².